The van der Waals surface area contributed by atoms with Crippen LogP contribution in [-0.2, 0) is 0 Å². The van der Waals surface area contributed by atoms with Gasteiger partial charge in [0.1, 0.15) is 5.82 Å². The minimum Gasteiger partial charge on any atom is -0.363 e. The number of benzene rings is 2. The van der Waals surface area contributed by atoms with Crippen molar-refractivity contribution in [2.45, 2.75) is 6.04 Å². The number of hydrogen-bond acceptors (Lipinski definition) is 3. The molecule has 0 bridgehead atoms. The second-order valence-electron chi connectivity index (χ2n) is 5.48. The van der Waals surface area contributed by atoms with Crippen LogP contribution in [0.3, 0.4) is 0 Å². The Labute approximate surface area is 132 Å². The summed E-state index contributed by atoms with van der Waals surface area (Å²) >= 11 is 1.95. The predicted octanol–water partition coefficient (Wildman–Crippen LogP) is 4.00. The van der Waals surface area contributed by atoms with Gasteiger partial charge in [-0.2, -0.15) is 16.9 Å². The van der Waals surface area contributed by atoms with Gasteiger partial charge in [-0.3, -0.25) is 5.10 Å². The lowest BCUT2D eigenvalue weighted by atomic mass is 10.1. The van der Waals surface area contributed by atoms with E-state index in [2.05, 4.69) is 33.3 Å². The molecule has 3 aromatic rings. The van der Waals surface area contributed by atoms with Crippen LogP contribution >= 0.6 is 11.8 Å². The second kappa shape index (κ2) is 5.65. The van der Waals surface area contributed by atoms with E-state index in [-0.39, 0.29) is 11.9 Å². The third-order valence-corrected chi connectivity index (χ3v) is 5.16. The van der Waals surface area contributed by atoms with Gasteiger partial charge in [-0.05, 0) is 35.9 Å². The Balaban J connectivity index is 1.71. The fraction of sp³-hybridized carbons (Fsp3) is 0.235. The maximum atomic E-state index is 13.2. The average Bonchev–Trinajstić information content (AvgIpc) is 3.03. The number of H-pyrrole nitrogens is 1. The second-order valence-corrected chi connectivity index (χ2v) is 6.63. The van der Waals surface area contributed by atoms with Crippen LogP contribution in [0.2, 0.25) is 0 Å². The first-order valence-corrected chi connectivity index (χ1v) is 8.50. The van der Waals surface area contributed by atoms with Crippen molar-refractivity contribution in [3.63, 3.8) is 0 Å². The van der Waals surface area contributed by atoms with Crippen LogP contribution in [0, 0.1) is 5.82 Å². The molecule has 1 fully saturated rings. The highest BCUT2D eigenvalue weighted by Crippen LogP contribution is 2.34. The Morgan fingerprint density at radius 1 is 1.18 bits per heavy atom. The molecule has 22 heavy (non-hydrogen) atoms. The van der Waals surface area contributed by atoms with E-state index in [1.54, 1.807) is 12.1 Å². The highest BCUT2D eigenvalue weighted by atomic mass is 32.2. The van der Waals surface area contributed by atoms with Gasteiger partial charge in [0.05, 0.1) is 17.8 Å². The van der Waals surface area contributed by atoms with Crippen LogP contribution in [0.25, 0.3) is 10.9 Å². The number of thioether (sulfide) groups is 1. The zero-order chi connectivity index (χ0) is 14.9. The van der Waals surface area contributed by atoms with Crippen molar-refractivity contribution in [2.24, 2.45) is 0 Å². The minimum absolute atomic E-state index is 0.183. The van der Waals surface area contributed by atoms with E-state index in [9.17, 15) is 4.39 Å². The first-order valence-electron chi connectivity index (χ1n) is 7.34. The van der Waals surface area contributed by atoms with Crippen LogP contribution in [0.4, 0.5) is 10.1 Å². The Hall–Kier alpha value is -2.01. The zero-order valence-corrected chi connectivity index (χ0v) is 12.8. The van der Waals surface area contributed by atoms with Gasteiger partial charge in [0.15, 0.2) is 0 Å². The molecule has 5 heteroatoms. The van der Waals surface area contributed by atoms with Crippen LogP contribution in [0.5, 0.6) is 0 Å². The minimum atomic E-state index is -0.183. The van der Waals surface area contributed by atoms with E-state index in [0.717, 1.165) is 29.0 Å². The predicted molar refractivity (Wildman–Crippen MR) is 89.9 cm³/mol. The van der Waals surface area contributed by atoms with Crippen molar-refractivity contribution in [3.05, 3.63) is 60.0 Å². The Kier molecular flexibility index (Phi) is 3.50. The maximum absolute atomic E-state index is 13.2. The molecular formula is C17H16FN3S. The molecule has 112 valence electrons. The number of aromatic nitrogens is 2. The Bertz CT molecular complexity index is 784. The molecule has 1 aliphatic heterocycles. The Morgan fingerprint density at radius 3 is 2.91 bits per heavy atom. The average molecular weight is 313 g/mol. The van der Waals surface area contributed by atoms with Crippen LogP contribution < -0.4 is 4.90 Å². The summed E-state index contributed by atoms with van der Waals surface area (Å²) in [5.74, 6) is 1.95. The maximum Gasteiger partial charge on any atom is 0.123 e. The summed E-state index contributed by atoms with van der Waals surface area (Å²) < 4.78 is 13.2. The number of nitrogens with zero attached hydrogens (tertiary/aromatic N) is 2. The largest absolute Gasteiger partial charge is 0.363 e. The smallest absolute Gasteiger partial charge is 0.123 e. The molecule has 1 aliphatic rings. The van der Waals surface area contributed by atoms with Crippen LogP contribution in [0.15, 0.2) is 48.7 Å². The van der Waals surface area contributed by atoms with Crippen LogP contribution in [0.1, 0.15) is 11.6 Å². The Morgan fingerprint density at radius 2 is 2.05 bits per heavy atom. The number of hydrogen-bond donors (Lipinski definition) is 1. The molecule has 3 nitrogen and oxygen atoms in total. The van der Waals surface area contributed by atoms with E-state index in [1.165, 1.54) is 11.3 Å². The highest BCUT2D eigenvalue weighted by molar-refractivity contribution is 7.99. The van der Waals surface area contributed by atoms with E-state index < -0.39 is 0 Å². The monoisotopic (exact) mass is 313 g/mol. The van der Waals surface area contributed by atoms with E-state index in [0.29, 0.717) is 0 Å². The van der Waals surface area contributed by atoms with Crippen molar-refractivity contribution < 1.29 is 4.39 Å². The summed E-state index contributed by atoms with van der Waals surface area (Å²) in [6.07, 6.45) is 1.84. The molecular weight excluding hydrogens is 297 g/mol. The number of rotatable bonds is 2. The van der Waals surface area contributed by atoms with Crippen molar-refractivity contribution in [1.82, 2.24) is 10.2 Å². The highest BCUT2D eigenvalue weighted by Gasteiger charge is 2.24. The summed E-state index contributed by atoms with van der Waals surface area (Å²) in [7, 11) is 0. The van der Waals surface area contributed by atoms with Gasteiger partial charge >= 0.3 is 0 Å². The molecule has 1 unspecified atom stereocenters. The molecule has 2 aromatic carbocycles. The zero-order valence-electron chi connectivity index (χ0n) is 12.0. The fourth-order valence-electron chi connectivity index (χ4n) is 2.98. The van der Waals surface area contributed by atoms with Crippen molar-refractivity contribution >= 4 is 28.4 Å². The summed E-state index contributed by atoms with van der Waals surface area (Å²) in [6.45, 7) is 0.992. The molecule has 0 spiro atoms. The standard InChI is InChI=1S/C17H16FN3S/c18-14-4-1-12(2-5-14)17-11-22-8-7-21(17)15-6-3-13-10-19-20-16(13)9-15/h1-6,9-10,17H,7-8,11H2,(H,19,20). The quantitative estimate of drug-likeness (QED) is 0.776. The molecule has 1 N–H and O–H groups in total. The summed E-state index contributed by atoms with van der Waals surface area (Å²) in [5, 5.41) is 8.23. The molecule has 1 atom stereocenters. The lowest BCUT2D eigenvalue weighted by molar-refractivity contribution is 0.623. The number of fused-ring (bicyclic) bond motifs is 1. The third-order valence-electron chi connectivity index (χ3n) is 4.14. The lowest BCUT2D eigenvalue weighted by Crippen LogP contribution is -2.36. The van der Waals surface area contributed by atoms with Crippen LogP contribution in [-0.4, -0.2) is 28.2 Å². The third kappa shape index (κ3) is 2.46. The summed E-state index contributed by atoms with van der Waals surface area (Å²) in [4.78, 5) is 2.41. The van der Waals surface area contributed by atoms with E-state index in [1.807, 2.05) is 30.1 Å². The summed E-state index contributed by atoms with van der Waals surface area (Å²) in [6, 6.07) is 13.5. The first kappa shape index (κ1) is 13.6. The molecule has 0 aliphatic carbocycles. The van der Waals surface area contributed by atoms with Gasteiger partial charge in [0, 0.05) is 29.1 Å². The lowest BCUT2D eigenvalue weighted by Gasteiger charge is -2.37. The molecule has 0 radical (unpaired) electrons. The molecule has 1 saturated heterocycles. The van der Waals surface area contributed by atoms with E-state index >= 15 is 0 Å². The van der Waals surface area contributed by atoms with Gasteiger partial charge in [-0.15, -0.1) is 0 Å². The van der Waals surface area contributed by atoms with Crippen molar-refractivity contribution in [3.8, 4) is 0 Å². The summed E-state index contributed by atoms with van der Waals surface area (Å²) in [5.41, 5.74) is 3.40. The molecule has 4 rings (SSSR count). The fourth-order valence-corrected chi connectivity index (χ4v) is 4.07. The molecule has 0 amide bonds. The van der Waals surface area contributed by atoms with Crippen molar-refractivity contribution in [1.29, 1.82) is 0 Å². The van der Waals surface area contributed by atoms with Gasteiger partial charge in [-0.1, -0.05) is 12.1 Å². The topological polar surface area (TPSA) is 31.9 Å². The van der Waals surface area contributed by atoms with Gasteiger partial charge in [0.2, 0.25) is 0 Å². The number of halogens is 1. The molecule has 0 saturated carbocycles. The van der Waals surface area contributed by atoms with Gasteiger partial charge in [-0.25, -0.2) is 4.39 Å². The normalized spacial score (nSPS) is 18.8. The van der Waals surface area contributed by atoms with Gasteiger partial charge in [0.25, 0.3) is 0 Å². The van der Waals surface area contributed by atoms with Gasteiger partial charge < -0.3 is 4.90 Å². The number of nitrogens with one attached hydrogen (secondary N) is 1. The molecule has 2 heterocycles. The first-order chi connectivity index (χ1) is 10.8. The van der Waals surface area contributed by atoms with Crippen molar-refractivity contribution in [2.75, 3.05) is 23.0 Å². The van der Waals surface area contributed by atoms with E-state index in [4.69, 9.17) is 0 Å². The SMILES string of the molecule is Fc1ccc(C2CSCCN2c2ccc3cn[nH]c3c2)cc1. The molecule has 1 aromatic heterocycles. The number of aromatic amines is 1. The number of anilines is 1.